The van der Waals surface area contributed by atoms with Gasteiger partial charge in [0.05, 0.1) is 31.3 Å². The average Bonchev–Trinajstić information content (AvgIpc) is 3.07. The van der Waals surface area contributed by atoms with Crippen LogP contribution in [0.3, 0.4) is 0 Å². The molecule has 3 heterocycles. The second-order valence-electron chi connectivity index (χ2n) is 6.15. The smallest absolute Gasteiger partial charge is 0.0848 e. The van der Waals surface area contributed by atoms with Crippen LogP contribution in [0.15, 0.2) is 12.3 Å². The van der Waals surface area contributed by atoms with Crippen LogP contribution in [0.4, 0.5) is 0 Å². The van der Waals surface area contributed by atoms with Crippen LogP contribution in [0, 0.1) is 11.1 Å². The molecule has 4 aliphatic rings. The first-order chi connectivity index (χ1) is 10.2. The summed E-state index contributed by atoms with van der Waals surface area (Å²) in [4.78, 5) is 0. The highest BCUT2D eigenvalue weighted by Crippen LogP contribution is 2.42. The minimum Gasteiger partial charge on any atom is -0.770 e. The van der Waals surface area contributed by atoms with Crippen LogP contribution < -0.4 is 5.53 Å². The number of nitrogens with zero attached hydrogens (tertiary/aromatic N) is 4. The van der Waals surface area contributed by atoms with Gasteiger partial charge in [0.1, 0.15) is 0 Å². The van der Waals surface area contributed by atoms with Gasteiger partial charge in [0.25, 0.3) is 0 Å². The van der Waals surface area contributed by atoms with Gasteiger partial charge in [0.15, 0.2) is 0 Å². The first-order valence-electron chi connectivity index (χ1n) is 7.51. The largest absolute Gasteiger partial charge is 0.770 e. The highest BCUT2D eigenvalue weighted by atomic mass is 16.6. The molecular weight excluding hydrogens is 274 g/mol. The summed E-state index contributed by atoms with van der Waals surface area (Å²) < 4.78 is 11.1. The molecule has 3 aliphatic heterocycles. The number of fused-ring (bicyclic) bond motifs is 4. The highest BCUT2D eigenvalue weighted by Gasteiger charge is 2.52. The first-order valence-corrected chi connectivity index (χ1v) is 7.51. The number of hydrazine groups is 4. The number of hydroxylamine groups is 1. The summed E-state index contributed by atoms with van der Waals surface area (Å²) in [6.07, 6.45) is 5.79. The van der Waals surface area contributed by atoms with Crippen molar-refractivity contribution in [2.24, 2.45) is 5.92 Å². The topological polar surface area (TPSA) is 66.5 Å². The monoisotopic (exact) mass is 296 g/mol. The number of ether oxygens (including phenoxy) is 2. The third-order valence-corrected chi connectivity index (χ3v) is 5.26. The molecule has 0 aromatic heterocycles. The summed E-state index contributed by atoms with van der Waals surface area (Å²) >= 11 is 0. The predicted octanol–water partition coefficient (Wildman–Crippen LogP) is -0.326. The van der Waals surface area contributed by atoms with Crippen molar-refractivity contribution in [2.75, 3.05) is 27.3 Å². The van der Waals surface area contributed by atoms with Crippen molar-refractivity contribution in [1.29, 1.82) is 0 Å². The molecule has 1 N–H and O–H groups in total. The summed E-state index contributed by atoms with van der Waals surface area (Å²) in [6.45, 7) is 1.62. The van der Waals surface area contributed by atoms with Crippen LogP contribution in [0.25, 0.3) is 0 Å². The molecule has 0 aromatic carbocycles. The summed E-state index contributed by atoms with van der Waals surface area (Å²) in [5.74, 6) is 0.294. The van der Waals surface area contributed by atoms with E-state index in [2.05, 4.69) is 22.8 Å². The second kappa shape index (κ2) is 5.17. The first kappa shape index (κ1) is 13.9. The van der Waals surface area contributed by atoms with Gasteiger partial charge in [-0.2, -0.15) is 10.7 Å². The SMILES string of the molecule is COC1CC2C(CC1OC)N([O-])N1NN3CC=CN3CC21. The molecule has 0 spiro atoms. The van der Waals surface area contributed by atoms with Gasteiger partial charge in [-0.25, -0.2) is 0 Å². The van der Waals surface area contributed by atoms with Crippen molar-refractivity contribution in [3.63, 3.8) is 0 Å². The van der Waals surface area contributed by atoms with Gasteiger partial charge < -0.3 is 14.7 Å². The Kier molecular flexibility index (Phi) is 3.42. The maximum absolute atomic E-state index is 12.6. The molecule has 0 bridgehead atoms. The summed E-state index contributed by atoms with van der Waals surface area (Å²) in [5, 5.41) is 19.6. The molecule has 0 radical (unpaired) electrons. The Labute approximate surface area is 124 Å². The van der Waals surface area contributed by atoms with E-state index in [9.17, 15) is 5.21 Å². The standard InChI is InChI=1S/C13H22N5O3/c1-20-12-6-9-10(7-13(12)21-2)18(19)17-11(9)8-15-4-3-5-16(15)14-17/h3-4,9-14H,5-8H2,1-2H3/q-1. The van der Waals surface area contributed by atoms with E-state index in [-0.39, 0.29) is 24.3 Å². The van der Waals surface area contributed by atoms with E-state index in [1.54, 1.807) is 19.3 Å². The molecule has 8 heteroatoms. The van der Waals surface area contributed by atoms with E-state index in [1.807, 2.05) is 5.12 Å². The summed E-state index contributed by atoms with van der Waals surface area (Å²) in [6, 6.07) is 0.131. The number of nitrogens with one attached hydrogen (secondary N) is 1. The molecular formula is C13H22N5O3-. The van der Waals surface area contributed by atoms with Crippen LogP contribution in [0.5, 0.6) is 0 Å². The maximum Gasteiger partial charge on any atom is 0.0848 e. The normalized spacial score (nSPS) is 44.0. The number of hydrogen-bond acceptors (Lipinski definition) is 8. The van der Waals surface area contributed by atoms with E-state index in [0.717, 1.165) is 24.7 Å². The lowest BCUT2D eigenvalue weighted by molar-refractivity contribution is -0.206. The van der Waals surface area contributed by atoms with Gasteiger partial charge >= 0.3 is 0 Å². The third-order valence-electron chi connectivity index (χ3n) is 5.26. The zero-order valence-corrected chi connectivity index (χ0v) is 12.4. The molecule has 3 fully saturated rings. The van der Waals surface area contributed by atoms with E-state index in [1.165, 1.54) is 0 Å². The van der Waals surface area contributed by atoms with Gasteiger partial charge in [-0.15, -0.1) is 5.12 Å². The van der Waals surface area contributed by atoms with Crippen molar-refractivity contribution >= 4 is 0 Å². The molecule has 5 atom stereocenters. The average molecular weight is 296 g/mol. The molecule has 1 aliphatic carbocycles. The van der Waals surface area contributed by atoms with E-state index >= 15 is 0 Å². The zero-order valence-electron chi connectivity index (χ0n) is 12.4. The Morgan fingerprint density at radius 1 is 1.14 bits per heavy atom. The minimum absolute atomic E-state index is 0.00550. The van der Waals surface area contributed by atoms with Gasteiger partial charge in [-0.1, -0.05) is 0 Å². The Morgan fingerprint density at radius 3 is 2.67 bits per heavy atom. The Bertz CT molecular complexity index is 436. The molecule has 21 heavy (non-hydrogen) atoms. The van der Waals surface area contributed by atoms with Crippen molar-refractivity contribution in [3.05, 3.63) is 17.5 Å². The summed E-state index contributed by atoms with van der Waals surface area (Å²) in [7, 11) is 3.42. The van der Waals surface area contributed by atoms with Gasteiger partial charge in [-0.3, -0.25) is 10.2 Å². The molecule has 8 nitrogen and oxygen atoms in total. The molecule has 2 saturated heterocycles. The van der Waals surface area contributed by atoms with Crippen LogP contribution in [0.2, 0.25) is 0 Å². The second-order valence-corrected chi connectivity index (χ2v) is 6.15. The Hall–Kier alpha value is -0.740. The van der Waals surface area contributed by atoms with Gasteiger partial charge in [0, 0.05) is 26.5 Å². The lowest BCUT2D eigenvalue weighted by Gasteiger charge is -2.48. The fourth-order valence-electron chi connectivity index (χ4n) is 4.15. The molecule has 4 rings (SSSR count). The summed E-state index contributed by atoms with van der Waals surface area (Å²) in [5.41, 5.74) is 3.21. The molecule has 118 valence electrons. The van der Waals surface area contributed by atoms with Crippen molar-refractivity contribution in [2.45, 2.75) is 37.1 Å². The van der Waals surface area contributed by atoms with E-state index in [4.69, 9.17) is 9.47 Å². The van der Waals surface area contributed by atoms with Crippen molar-refractivity contribution < 1.29 is 9.47 Å². The predicted molar refractivity (Wildman–Crippen MR) is 74.6 cm³/mol. The number of methoxy groups -OCH3 is 2. The van der Waals surface area contributed by atoms with E-state index in [0.29, 0.717) is 12.3 Å². The highest BCUT2D eigenvalue weighted by molar-refractivity contribution is 5.05. The Balaban J connectivity index is 1.57. The van der Waals surface area contributed by atoms with Crippen molar-refractivity contribution in [1.82, 2.24) is 26.0 Å². The molecule has 0 aromatic rings. The van der Waals surface area contributed by atoms with Crippen molar-refractivity contribution in [3.8, 4) is 0 Å². The minimum atomic E-state index is -0.0379. The number of rotatable bonds is 2. The van der Waals surface area contributed by atoms with Crippen LogP contribution >= 0.6 is 0 Å². The van der Waals surface area contributed by atoms with Crippen LogP contribution in [0.1, 0.15) is 12.8 Å². The quantitative estimate of drug-likeness (QED) is 0.743. The molecule has 0 amide bonds. The fraction of sp³-hybridized carbons (Fsp3) is 0.846. The van der Waals surface area contributed by atoms with E-state index < -0.39 is 0 Å². The zero-order chi connectivity index (χ0) is 14.6. The number of hydrogen-bond donors (Lipinski definition) is 1. The van der Waals surface area contributed by atoms with Gasteiger partial charge in [-0.05, 0) is 24.8 Å². The fourth-order valence-corrected chi connectivity index (χ4v) is 4.15. The lowest BCUT2D eigenvalue weighted by Crippen LogP contribution is -2.66. The maximum atomic E-state index is 12.6. The van der Waals surface area contributed by atoms with Gasteiger partial charge in [0.2, 0.25) is 0 Å². The Morgan fingerprint density at radius 2 is 1.90 bits per heavy atom. The molecule has 1 saturated carbocycles. The van der Waals surface area contributed by atoms with Crippen LogP contribution in [-0.2, 0) is 9.47 Å². The third kappa shape index (κ3) is 2.02. The molecule has 5 unspecified atom stereocenters. The van der Waals surface area contributed by atoms with Crippen LogP contribution in [-0.4, -0.2) is 72.0 Å². The lowest BCUT2D eigenvalue weighted by atomic mass is 9.78.